The molecule has 0 aliphatic carbocycles. The highest BCUT2D eigenvalue weighted by Gasteiger charge is 2.31. The van der Waals surface area contributed by atoms with Crippen LogP contribution in [0.4, 0.5) is 5.69 Å². The number of rotatable bonds is 2. The van der Waals surface area contributed by atoms with Crippen LogP contribution in [0.3, 0.4) is 0 Å². The van der Waals surface area contributed by atoms with Gasteiger partial charge in [-0.2, -0.15) is 0 Å². The van der Waals surface area contributed by atoms with Crippen LogP contribution in [0, 0.1) is 12.8 Å². The molecule has 4 heteroatoms. The van der Waals surface area contributed by atoms with E-state index in [1.807, 2.05) is 19.1 Å². The monoisotopic (exact) mass is 283 g/mol. The molecule has 1 N–H and O–H groups in total. The Morgan fingerprint density at radius 2 is 2.31 bits per heavy atom. The average Bonchev–Trinajstić information content (AvgIpc) is 2.63. The second kappa shape index (κ2) is 4.45. The summed E-state index contributed by atoms with van der Waals surface area (Å²) < 4.78 is 0. The van der Waals surface area contributed by atoms with Crippen molar-refractivity contribution in [3.05, 3.63) is 23.8 Å². The SMILES string of the molecule is Cc1ccc(O)c(N2CC(CBr)CC2=O)c1. The summed E-state index contributed by atoms with van der Waals surface area (Å²) >= 11 is 3.40. The third-order valence-electron chi connectivity index (χ3n) is 2.85. The largest absolute Gasteiger partial charge is 0.506 e. The predicted octanol–water partition coefficient (Wildman–Crippen LogP) is 2.45. The molecule has 86 valence electrons. The molecule has 0 bridgehead atoms. The van der Waals surface area contributed by atoms with Gasteiger partial charge in [-0.15, -0.1) is 0 Å². The molecule has 3 nitrogen and oxygen atoms in total. The quantitative estimate of drug-likeness (QED) is 0.847. The fraction of sp³-hybridized carbons (Fsp3) is 0.417. The van der Waals surface area contributed by atoms with E-state index in [1.54, 1.807) is 11.0 Å². The minimum atomic E-state index is 0.0883. The number of aryl methyl sites for hydroxylation is 1. The molecule has 0 saturated carbocycles. The number of aromatic hydroxyl groups is 1. The van der Waals surface area contributed by atoms with Gasteiger partial charge in [0, 0.05) is 18.3 Å². The zero-order chi connectivity index (χ0) is 11.7. The van der Waals surface area contributed by atoms with E-state index in [-0.39, 0.29) is 11.7 Å². The predicted molar refractivity (Wildman–Crippen MR) is 67.1 cm³/mol. The van der Waals surface area contributed by atoms with Crippen LogP contribution in [-0.4, -0.2) is 22.9 Å². The van der Waals surface area contributed by atoms with E-state index in [4.69, 9.17) is 0 Å². The third-order valence-corrected chi connectivity index (χ3v) is 3.76. The number of phenolic OH excluding ortho intramolecular Hbond substituents is 1. The van der Waals surface area contributed by atoms with Crippen LogP contribution in [0.15, 0.2) is 18.2 Å². The maximum atomic E-state index is 11.8. The Morgan fingerprint density at radius 1 is 1.56 bits per heavy atom. The fourth-order valence-electron chi connectivity index (χ4n) is 1.97. The molecule has 1 amide bonds. The van der Waals surface area contributed by atoms with Gasteiger partial charge in [0.15, 0.2) is 0 Å². The van der Waals surface area contributed by atoms with E-state index >= 15 is 0 Å². The molecular formula is C12H14BrNO2. The molecule has 1 fully saturated rings. The van der Waals surface area contributed by atoms with E-state index in [1.165, 1.54) is 0 Å². The molecule has 0 spiro atoms. The molecule has 0 aromatic heterocycles. The summed E-state index contributed by atoms with van der Waals surface area (Å²) in [6.45, 7) is 2.63. The van der Waals surface area contributed by atoms with Gasteiger partial charge in [0.25, 0.3) is 0 Å². The second-order valence-corrected chi connectivity index (χ2v) is 4.87. The number of anilines is 1. The van der Waals surface area contributed by atoms with Crippen LogP contribution in [0.5, 0.6) is 5.75 Å². The first kappa shape index (κ1) is 11.5. The molecule has 1 aliphatic heterocycles. The highest BCUT2D eigenvalue weighted by Crippen LogP contribution is 2.33. The molecule has 1 aromatic carbocycles. The van der Waals surface area contributed by atoms with E-state index in [9.17, 15) is 9.90 Å². The van der Waals surface area contributed by atoms with Gasteiger partial charge >= 0.3 is 0 Å². The van der Waals surface area contributed by atoms with Crippen molar-refractivity contribution < 1.29 is 9.90 Å². The Bertz CT molecular complexity index is 419. The number of phenols is 1. The van der Waals surface area contributed by atoms with Crippen LogP contribution in [0.1, 0.15) is 12.0 Å². The summed E-state index contributed by atoms with van der Waals surface area (Å²) in [4.78, 5) is 13.5. The minimum absolute atomic E-state index is 0.0883. The molecule has 2 rings (SSSR count). The summed E-state index contributed by atoms with van der Waals surface area (Å²) in [7, 11) is 0. The zero-order valence-electron chi connectivity index (χ0n) is 9.11. The van der Waals surface area contributed by atoms with E-state index in [0.717, 1.165) is 10.9 Å². The van der Waals surface area contributed by atoms with Crippen molar-refractivity contribution in [3.63, 3.8) is 0 Å². The summed E-state index contributed by atoms with van der Waals surface area (Å²) in [5.74, 6) is 0.604. The van der Waals surface area contributed by atoms with Crippen LogP contribution in [0.25, 0.3) is 0 Å². The van der Waals surface area contributed by atoms with E-state index in [2.05, 4.69) is 15.9 Å². The Kier molecular flexibility index (Phi) is 3.19. The Morgan fingerprint density at radius 3 is 2.94 bits per heavy atom. The van der Waals surface area contributed by atoms with E-state index < -0.39 is 0 Å². The number of carbonyl (C=O) groups is 1. The van der Waals surface area contributed by atoms with Crippen molar-refractivity contribution in [1.82, 2.24) is 0 Å². The first-order valence-corrected chi connectivity index (χ1v) is 6.40. The Balaban J connectivity index is 2.30. The van der Waals surface area contributed by atoms with Crippen molar-refractivity contribution in [2.75, 3.05) is 16.8 Å². The number of nitrogens with zero attached hydrogens (tertiary/aromatic N) is 1. The lowest BCUT2D eigenvalue weighted by molar-refractivity contribution is -0.117. The van der Waals surface area contributed by atoms with Gasteiger partial charge in [0.05, 0.1) is 5.69 Å². The van der Waals surface area contributed by atoms with Crippen molar-refractivity contribution in [3.8, 4) is 5.75 Å². The van der Waals surface area contributed by atoms with Gasteiger partial charge < -0.3 is 10.0 Å². The number of carbonyl (C=O) groups excluding carboxylic acids is 1. The van der Waals surface area contributed by atoms with Gasteiger partial charge in [-0.25, -0.2) is 0 Å². The Hall–Kier alpha value is -1.03. The van der Waals surface area contributed by atoms with Gasteiger partial charge in [-0.05, 0) is 30.5 Å². The maximum Gasteiger partial charge on any atom is 0.227 e. The third kappa shape index (κ3) is 2.07. The number of hydrogen-bond donors (Lipinski definition) is 1. The molecule has 1 saturated heterocycles. The van der Waals surface area contributed by atoms with Crippen molar-refractivity contribution in [1.29, 1.82) is 0 Å². The van der Waals surface area contributed by atoms with Crippen LogP contribution in [0.2, 0.25) is 0 Å². The van der Waals surface area contributed by atoms with Gasteiger partial charge in [0.2, 0.25) is 5.91 Å². The standard InChI is InChI=1S/C12H14BrNO2/c1-8-2-3-11(15)10(4-8)14-7-9(6-13)5-12(14)16/h2-4,9,15H,5-7H2,1H3. The number of alkyl halides is 1. The van der Waals surface area contributed by atoms with Gasteiger partial charge in [0.1, 0.15) is 5.75 Å². The molecule has 16 heavy (non-hydrogen) atoms. The van der Waals surface area contributed by atoms with Gasteiger partial charge in [-0.1, -0.05) is 22.0 Å². The van der Waals surface area contributed by atoms with Crippen molar-refractivity contribution in [2.24, 2.45) is 5.92 Å². The smallest absolute Gasteiger partial charge is 0.227 e. The normalized spacial score (nSPS) is 20.5. The summed E-state index contributed by atoms with van der Waals surface area (Å²) in [6.07, 6.45) is 0.554. The van der Waals surface area contributed by atoms with Crippen LogP contribution < -0.4 is 4.90 Å². The van der Waals surface area contributed by atoms with Crippen LogP contribution in [-0.2, 0) is 4.79 Å². The number of hydrogen-bond acceptors (Lipinski definition) is 2. The first-order valence-electron chi connectivity index (χ1n) is 5.27. The topological polar surface area (TPSA) is 40.5 Å². The number of halogens is 1. The number of amides is 1. The molecule has 1 aromatic rings. The summed E-state index contributed by atoms with van der Waals surface area (Å²) in [5, 5.41) is 10.6. The molecule has 1 heterocycles. The molecule has 1 unspecified atom stereocenters. The van der Waals surface area contributed by atoms with E-state index in [0.29, 0.717) is 24.6 Å². The summed E-state index contributed by atoms with van der Waals surface area (Å²) in [6, 6.07) is 5.32. The number of benzene rings is 1. The maximum absolute atomic E-state index is 11.8. The Labute approximate surface area is 103 Å². The minimum Gasteiger partial charge on any atom is -0.506 e. The molecule has 1 atom stereocenters. The second-order valence-electron chi connectivity index (χ2n) is 4.22. The van der Waals surface area contributed by atoms with Gasteiger partial charge in [-0.3, -0.25) is 4.79 Å². The molecule has 1 aliphatic rings. The molecular weight excluding hydrogens is 270 g/mol. The first-order chi connectivity index (χ1) is 7.61. The van der Waals surface area contributed by atoms with Crippen LogP contribution >= 0.6 is 15.9 Å². The highest BCUT2D eigenvalue weighted by molar-refractivity contribution is 9.09. The molecule has 0 radical (unpaired) electrons. The summed E-state index contributed by atoms with van der Waals surface area (Å²) in [5.41, 5.74) is 1.68. The van der Waals surface area contributed by atoms with Crippen molar-refractivity contribution in [2.45, 2.75) is 13.3 Å². The highest BCUT2D eigenvalue weighted by atomic mass is 79.9. The lowest BCUT2D eigenvalue weighted by atomic mass is 10.1. The average molecular weight is 284 g/mol. The fourth-order valence-corrected chi connectivity index (χ4v) is 2.40. The lowest BCUT2D eigenvalue weighted by Gasteiger charge is -2.18. The van der Waals surface area contributed by atoms with Crippen molar-refractivity contribution >= 4 is 27.5 Å². The lowest BCUT2D eigenvalue weighted by Crippen LogP contribution is -2.24. The zero-order valence-corrected chi connectivity index (χ0v) is 10.7.